The van der Waals surface area contributed by atoms with Crippen LogP contribution < -0.4 is 10.6 Å². The maximum Gasteiger partial charge on any atom is 0.123 e. The van der Waals surface area contributed by atoms with Crippen molar-refractivity contribution in [3.05, 3.63) is 29.6 Å². The first-order chi connectivity index (χ1) is 9.13. The molecule has 4 heteroatoms. The molecule has 0 aliphatic heterocycles. The Hall–Kier alpha value is -1.13. The standard InChI is InChI=1S/C15H23FN2O/c1-11(17)14-10-12(16)6-7-15(14)18(8-3-9-19)13-4-2-5-13/h6-7,10-11,13,19H,2-5,8-9,17H2,1H3. The fraction of sp³-hybridized carbons (Fsp3) is 0.600. The molecule has 0 aromatic heterocycles. The number of nitrogens with zero attached hydrogens (tertiary/aromatic N) is 1. The Morgan fingerprint density at radius 2 is 2.21 bits per heavy atom. The number of hydrogen-bond acceptors (Lipinski definition) is 3. The summed E-state index contributed by atoms with van der Waals surface area (Å²) in [4.78, 5) is 2.29. The number of rotatable bonds is 6. The first-order valence-electron chi connectivity index (χ1n) is 7.06. The van der Waals surface area contributed by atoms with E-state index in [9.17, 15) is 4.39 Å². The van der Waals surface area contributed by atoms with Crippen LogP contribution in [0.4, 0.5) is 10.1 Å². The van der Waals surface area contributed by atoms with Gasteiger partial charge in [0, 0.05) is 30.9 Å². The summed E-state index contributed by atoms with van der Waals surface area (Å²) in [6.45, 7) is 2.85. The molecule has 0 bridgehead atoms. The summed E-state index contributed by atoms with van der Waals surface area (Å²) < 4.78 is 13.4. The molecule has 1 aliphatic rings. The van der Waals surface area contributed by atoms with E-state index in [4.69, 9.17) is 10.8 Å². The van der Waals surface area contributed by atoms with Crippen LogP contribution in [0.5, 0.6) is 0 Å². The number of aliphatic hydroxyl groups is 1. The predicted molar refractivity (Wildman–Crippen MR) is 75.7 cm³/mol. The van der Waals surface area contributed by atoms with Crippen LogP contribution in [0.25, 0.3) is 0 Å². The molecule has 1 unspecified atom stereocenters. The van der Waals surface area contributed by atoms with E-state index < -0.39 is 0 Å². The summed E-state index contributed by atoms with van der Waals surface area (Å²) in [5, 5.41) is 9.05. The van der Waals surface area contributed by atoms with E-state index in [0.29, 0.717) is 6.04 Å². The van der Waals surface area contributed by atoms with Crippen molar-refractivity contribution >= 4 is 5.69 Å². The molecule has 106 valence electrons. The molecular weight excluding hydrogens is 243 g/mol. The third kappa shape index (κ3) is 3.25. The number of hydrogen-bond donors (Lipinski definition) is 2. The van der Waals surface area contributed by atoms with Crippen LogP contribution in [-0.4, -0.2) is 24.3 Å². The van der Waals surface area contributed by atoms with Gasteiger partial charge in [-0.1, -0.05) is 0 Å². The van der Waals surface area contributed by atoms with Crippen molar-refractivity contribution in [3.63, 3.8) is 0 Å². The third-order valence-electron chi connectivity index (χ3n) is 3.86. The summed E-state index contributed by atoms with van der Waals surface area (Å²) in [5.41, 5.74) is 7.84. The highest BCUT2D eigenvalue weighted by atomic mass is 19.1. The molecule has 1 saturated carbocycles. The monoisotopic (exact) mass is 266 g/mol. The molecule has 0 saturated heterocycles. The van der Waals surface area contributed by atoms with Gasteiger partial charge in [-0.25, -0.2) is 4.39 Å². The Bertz CT molecular complexity index is 419. The smallest absolute Gasteiger partial charge is 0.123 e. The van der Waals surface area contributed by atoms with Gasteiger partial charge in [0.05, 0.1) is 0 Å². The molecule has 1 aromatic carbocycles. The van der Waals surface area contributed by atoms with Crippen LogP contribution >= 0.6 is 0 Å². The van der Waals surface area contributed by atoms with Crippen LogP contribution in [0.1, 0.15) is 44.2 Å². The van der Waals surface area contributed by atoms with Gasteiger partial charge in [-0.05, 0) is 56.4 Å². The quantitative estimate of drug-likeness (QED) is 0.832. The molecule has 1 aliphatic carbocycles. The van der Waals surface area contributed by atoms with E-state index in [1.165, 1.54) is 31.4 Å². The van der Waals surface area contributed by atoms with E-state index in [-0.39, 0.29) is 18.5 Å². The summed E-state index contributed by atoms with van der Waals surface area (Å²) in [7, 11) is 0. The predicted octanol–water partition coefficient (Wildman–Crippen LogP) is 2.59. The Morgan fingerprint density at radius 1 is 1.47 bits per heavy atom. The fourth-order valence-electron chi connectivity index (χ4n) is 2.59. The molecule has 0 heterocycles. The molecule has 1 fully saturated rings. The fourth-order valence-corrected chi connectivity index (χ4v) is 2.59. The lowest BCUT2D eigenvalue weighted by molar-refractivity contribution is 0.283. The van der Waals surface area contributed by atoms with Crippen molar-refractivity contribution in [2.75, 3.05) is 18.1 Å². The van der Waals surface area contributed by atoms with Gasteiger partial charge in [-0.15, -0.1) is 0 Å². The lowest BCUT2D eigenvalue weighted by Gasteiger charge is -2.40. The first kappa shape index (κ1) is 14.3. The van der Waals surface area contributed by atoms with Crippen LogP contribution in [0.2, 0.25) is 0 Å². The average Bonchev–Trinajstić information content (AvgIpc) is 2.32. The van der Waals surface area contributed by atoms with Crippen molar-refractivity contribution in [1.82, 2.24) is 0 Å². The van der Waals surface area contributed by atoms with Crippen LogP contribution in [0.3, 0.4) is 0 Å². The van der Waals surface area contributed by atoms with Crippen molar-refractivity contribution in [1.29, 1.82) is 0 Å². The van der Waals surface area contributed by atoms with Gasteiger partial charge >= 0.3 is 0 Å². The van der Waals surface area contributed by atoms with Gasteiger partial charge in [0.2, 0.25) is 0 Å². The number of anilines is 1. The second kappa shape index (κ2) is 6.35. The van der Waals surface area contributed by atoms with Gasteiger partial charge < -0.3 is 15.7 Å². The van der Waals surface area contributed by atoms with E-state index in [2.05, 4.69) is 4.90 Å². The number of benzene rings is 1. The zero-order valence-corrected chi connectivity index (χ0v) is 11.5. The van der Waals surface area contributed by atoms with Gasteiger partial charge in [0.25, 0.3) is 0 Å². The molecule has 0 amide bonds. The van der Waals surface area contributed by atoms with E-state index in [1.807, 2.05) is 13.0 Å². The molecule has 19 heavy (non-hydrogen) atoms. The van der Waals surface area contributed by atoms with Crippen LogP contribution in [0.15, 0.2) is 18.2 Å². The van der Waals surface area contributed by atoms with E-state index in [0.717, 1.165) is 24.2 Å². The molecule has 0 radical (unpaired) electrons. The Balaban J connectivity index is 2.28. The molecular formula is C15H23FN2O. The molecule has 3 N–H and O–H groups in total. The zero-order valence-electron chi connectivity index (χ0n) is 11.5. The molecule has 3 nitrogen and oxygen atoms in total. The maximum atomic E-state index is 13.4. The normalized spacial score (nSPS) is 17.1. The van der Waals surface area contributed by atoms with Crippen molar-refractivity contribution in [2.24, 2.45) is 5.73 Å². The second-order valence-corrected chi connectivity index (χ2v) is 5.35. The maximum absolute atomic E-state index is 13.4. The lowest BCUT2D eigenvalue weighted by Crippen LogP contribution is -2.42. The molecule has 1 atom stereocenters. The highest BCUT2D eigenvalue weighted by molar-refractivity contribution is 5.56. The van der Waals surface area contributed by atoms with Gasteiger partial charge in [-0.3, -0.25) is 0 Å². The van der Waals surface area contributed by atoms with Gasteiger partial charge in [-0.2, -0.15) is 0 Å². The minimum Gasteiger partial charge on any atom is -0.396 e. The Labute approximate surface area is 114 Å². The SMILES string of the molecule is CC(N)c1cc(F)ccc1N(CCCO)C1CCC1. The second-order valence-electron chi connectivity index (χ2n) is 5.35. The van der Waals surface area contributed by atoms with E-state index >= 15 is 0 Å². The summed E-state index contributed by atoms with van der Waals surface area (Å²) in [6.07, 6.45) is 4.31. The van der Waals surface area contributed by atoms with Crippen molar-refractivity contribution < 1.29 is 9.50 Å². The highest BCUT2D eigenvalue weighted by Gasteiger charge is 2.27. The van der Waals surface area contributed by atoms with E-state index in [1.54, 1.807) is 0 Å². The van der Waals surface area contributed by atoms with Gasteiger partial charge in [0.15, 0.2) is 0 Å². The van der Waals surface area contributed by atoms with Crippen molar-refractivity contribution in [2.45, 2.75) is 44.7 Å². The number of aliphatic hydroxyl groups excluding tert-OH is 1. The van der Waals surface area contributed by atoms with Gasteiger partial charge in [0.1, 0.15) is 5.82 Å². The number of nitrogens with two attached hydrogens (primary N) is 1. The largest absolute Gasteiger partial charge is 0.396 e. The third-order valence-corrected chi connectivity index (χ3v) is 3.86. The summed E-state index contributed by atoms with van der Waals surface area (Å²) >= 11 is 0. The summed E-state index contributed by atoms with van der Waals surface area (Å²) in [6, 6.07) is 5.16. The zero-order chi connectivity index (χ0) is 13.8. The Kier molecular flexibility index (Phi) is 4.77. The first-order valence-corrected chi connectivity index (χ1v) is 7.06. The lowest BCUT2D eigenvalue weighted by atomic mass is 9.90. The molecule has 2 rings (SSSR count). The molecule has 1 aromatic rings. The molecule has 0 spiro atoms. The van der Waals surface area contributed by atoms with Crippen LogP contribution in [0, 0.1) is 5.82 Å². The average molecular weight is 266 g/mol. The summed E-state index contributed by atoms with van der Waals surface area (Å²) in [5.74, 6) is -0.244. The number of halogens is 1. The highest BCUT2D eigenvalue weighted by Crippen LogP contribution is 2.34. The van der Waals surface area contributed by atoms with Crippen LogP contribution in [-0.2, 0) is 0 Å². The van der Waals surface area contributed by atoms with Crippen molar-refractivity contribution in [3.8, 4) is 0 Å². The minimum absolute atomic E-state index is 0.178. The minimum atomic E-state index is -0.244. The Morgan fingerprint density at radius 3 is 2.74 bits per heavy atom. The topological polar surface area (TPSA) is 49.5 Å².